The number of nitrogens with zero attached hydrogens (tertiary/aromatic N) is 1. The molecule has 1 saturated heterocycles. The number of likely N-dealkylation sites (N-methyl/N-ethyl adjacent to an activating group) is 1. The Morgan fingerprint density at radius 1 is 0.947 bits per heavy atom. The average Bonchev–Trinajstić information content (AvgIpc) is 2.91. The van der Waals surface area contributed by atoms with Crippen LogP contribution in [0.1, 0.15) is 71.6 Å². The second kappa shape index (κ2) is 7.08. The van der Waals surface area contributed by atoms with Crippen LogP contribution in [0.4, 0.5) is 0 Å². The molecule has 1 aliphatic carbocycles. The van der Waals surface area contributed by atoms with Gasteiger partial charge in [0.1, 0.15) is 0 Å². The molecule has 0 spiro atoms. The first-order valence-corrected chi connectivity index (χ1v) is 8.61. The molecular weight excluding hydrogens is 232 g/mol. The Morgan fingerprint density at radius 3 is 2.11 bits per heavy atom. The zero-order valence-corrected chi connectivity index (χ0v) is 13.4. The highest BCUT2D eigenvalue weighted by molar-refractivity contribution is 5.03. The fraction of sp³-hybridized carbons (Fsp3) is 1.00. The van der Waals surface area contributed by atoms with Gasteiger partial charge in [0.05, 0.1) is 0 Å². The van der Waals surface area contributed by atoms with Crippen molar-refractivity contribution in [3.05, 3.63) is 0 Å². The molecule has 0 aromatic heterocycles. The highest BCUT2D eigenvalue weighted by Crippen LogP contribution is 2.41. The molecule has 1 saturated carbocycles. The molecule has 0 radical (unpaired) electrons. The van der Waals surface area contributed by atoms with Crippen LogP contribution >= 0.6 is 0 Å². The molecule has 19 heavy (non-hydrogen) atoms. The number of hydrogen-bond acceptors (Lipinski definition) is 2. The largest absolute Gasteiger partial charge is 0.315 e. The van der Waals surface area contributed by atoms with Crippen LogP contribution in [0, 0.1) is 5.92 Å². The quantitative estimate of drug-likeness (QED) is 0.786. The van der Waals surface area contributed by atoms with E-state index in [0.717, 1.165) is 5.92 Å². The van der Waals surface area contributed by atoms with Crippen molar-refractivity contribution in [2.75, 3.05) is 20.1 Å². The Labute approximate surface area is 120 Å². The van der Waals surface area contributed by atoms with Crippen LogP contribution in [0.5, 0.6) is 0 Å². The van der Waals surface area contributed by atoms with Gasteiger partial charge in [-0.1, -0.05) is 33.1 Å². The van der Waals surface area contributed by atoms with E-state index in [9.17, 15) is 0 Å². The smallest absolute Gasteiger partial charge is 0.0362 e. The van der Waals surface area contributed by atoms with Gasteiger partial charge in [-0.15, -0.1) is 0 Å². The van der Waals surface area contributed by atoms with Gasteiger partial charge in [-0.05, 0) is 64.6 Å². The summed E-state index contributed by atoms with van der Waals surface area (Å²) in [5.41, 5.74) is 0.490. The average molecular weight is 266 g/mol. The summed E-state index contributed by atoms with van der Waals surface area (Å²) in [7, 11) is 2.19. The van der Waals surface area contributed by atoms with Crippen LogP contribution in [0.15, 0.2) is 0 Å². The lowest BCUT2D eigenvalue weighted by Gasteiger charge is -2.48. The van der Waals surface area contributed by atoms with E-state index in [1.807, 2.05) is 0 Å². The zero-order chi connectivity index (χ0) is 13.7. The maximum absolute atomic E-state index is 3.70. The van der Waals surface area contributed by atoms with Gasteiger partial charge in [0.2, 0.25) is 0 Å². The van der Waals surface area contributed by atoms with Gasteiger partial charge < -0.3 is 5.32 Å². The van der Waals surface area contributed by atoms with Crippen LogP contribution in [-0.2, 0) is 0 Å². The molecule has 0 amide bonds. The van der Waals surface area contributed by atoms with Gasteiger partial charge in [0.25, 0.3) is 0 Å². The first kappa shape index (κ1) is 15.3. The molecule has 2 fully saturated rings. The van der Waals surface area contributed by atoms with Gasteiger partial charge in [-0.2, -0.15) is 0 Å². The second-order valence-corrected chi connectivity index (χ2v) is 7.17. The van der Waals surface area contributed by atoms with Crippen molar-refractivity contribution in [1.29, 1.82) is 0 Å². The number of rotatable bonds is 6. The topological polar surface area (TPSA) is 15.3 Å². The summed E-state index contributed by atoms with van der Waals surface area (Å²) in [5.74, 6) is 0.829. The molecule has 2 nitrogen and oxygen atoms in total. The Kier molecular flexibility index (Phi) is 5.70. The monoisotopic (exact) mass is 266 g/mol. The first-order chi connectivity index (χ1) is 9.19. The van der Waals surface area contributed by atoms with Crippen molar-refractivity contribution in [2.24, 2.45) is 5.92 Å². The van der Waals surface area contributed by atoms with E-state index in [4.69, 9.17) is 0 Å². The number of likely N-dealkylation sites (tertiary alicyclic amines) is 1. The molecule has 2 heteroatoms. The van der Waals surface area contributed by atoms with E-state index < -0.39 is 0 Å². The second-order valence-electron chi connectivity index (χ2n) is 7.17. The summed E-state index contributed by atoms with van der Waals surface area (Å²) < 4.78 is 0. The van der Waals surface area contributed by atoms with Crippen molar-refractivity contribution < 1.29 is 0 Å². The van der Waals surface area contributed by atoms with E-state index in [2.05, 4.69) is 31.1 Å². The lowest BCUT2D eigenvalue weighted by molar-refractivity contribution is 0.0347. The Morgan fingerprint density at radius 2 is 1.58 bits per heavy atom. The molecule has 2 aliphatic rings. The SMILES string of the molecule is CNC(CCC(C)C)C1(N2CCCCC2)CCCC1. The molecule has 1 N–H and O–H groups in total. The minimum absolute atomic E-state index is 0.490. The van der Waals surface area contributed by atoms with Crippen LogP contribution in [0.2, 0.25) is 0 Å². The van der Waals surface area contributed by atoms with Crippen molar-refractivity contribution in [2.45, 2.75) is 83.2 Å². The minimum Gasteiger partial charge on any atom is -0.315 e. The predicted molar refractivity (Wildman–Crippen MR) is 83.5 cm³/mol. The summed E-state index contributed by atoms with van der Waals surface area (Å²) in [4.78, 5) is 2.87. The molecule has 1 heterocycles. The summed E-state index contributed by atoms with van der Waals surface area (Å²) >= 11 is 0. The van der Waals surface area contributed by atoms with Crippen molar-refractivity contribution in [3.8, 4) is 0 Å². The van der Waals surface area contributed by atoms with E-state index >= 15 is 0 Å². The third-order valence-corrected chi connectivity index (χ3v) is 5.49. The van der Waals surface area contributed by atoms with Gasteiger partial charge >= 0.3 is 0 Å². The highest BCUT2D eigenvalue weighted by Gasteiger charge is 2.45. The lowest BCUT2D eigenvalue weighted by atomic mass is 9.81. The first-order valence-electron chi connectivity index (χ1n) is 8.61. The summed E-state index contributed by atoms with van der Waals surface area (Å²) in [6.45, 7) is 7.41. The van der Waals surface area contributed by atoms with E-state index in [-0.39, 0.29) is 0 Å². The molecule has 2 rings (SSSR count). The molecule has 1 unspecified atom stereocenters. The van der Waals surface area contributed by atoms with Gasteiger partial charge in [0.15, 0.2) is 0 Å². The summed E-state index contributed by atoms with van der Waals surface area (Å²) in [5, 5.41) is 3.70. The summed E-state index contributed by atoms with van der Waals surface area (Å²) in [6, 6.07) is 0.704. The maximum Gasteiger partial charge on any atom is 0.0362 e. The molecule has 1 atom stereocenters. The van der Waals surface area contributed by atoms with Crippen molar-refractivity contribution in [1.82, 2.24) is 10.2 Å². The predicted octanol–water partition coefficient (Wildman–Crippen LogP) is 3.81. The molecule has 0 aromatic carbocycles. The fourth-order valence-electron chi connectivity index (χ4n) is 4.39. The Hall–Kier alpha value is -0.0800. The van der Waals surface area contributed by atoms with Gasteiger partial charge in [-0.3, -0.25) is 4.90 Å². The summed E-state index contributed by atoms with van der Waals surface area (Å²) in [6.07, 6.45) is 12.7. The molecule has 112 valence electrons. The van der Waals surface area contributed by atoms with E-state index in [1.54, 1.807) is 0 Å². The Bertz CT molecular complexity index is 250. The zero-order valence-electron chi connectivity index (χ0n) is 13.4. The molecule has 0 aromatic rings. The van der Waals surface area contributed by atoms with Crippen LogP contribution < -0.4 is 5.32 Å². The van der Waals surface area contributed by atoms with Gasteiger partial charge in [0, 0.05) is 11.6 Å². The molecule has 1 aliphatic heterocycles. The lowest BCUT2D eigenvalue weighted by Crippen LogP contribution is -2.60. The fourth-order valence-corrected chi connectivity index (χ4v) is 4.39. The third kappa shape index (κ3) is 3.52. The number of hydrogen-bond donors (Lipinski definition) is 1. The van der Waals surface area contributed by atoms with Crippen LogP contribution in [0.25, 0.3) is 0 Å². The molecule has 0 bridgehead atoms. The van der Waals surface area contributed by atoms with Crippen LogP contribution in [0.3, 0.4) is 0 Å². The van der Waals surface area contributed by atoms with Crippen molar-refractivity contribution >= 4 is 0 Å². The standard InChI is InChI=1S/C17H34N2/c1-15(2)9-10-16(18-3)17(11-5-6-12-17)19-13-7-4-8-14-19/h15-16,18H,4-14H2,1-3H3. The normalized spacial score (nSPS) is 25.9. The van der Waals surface area contributed by atoms with E-state index in [0.29, 0.717) is 11.6 Å². The minimum atomic E-state index is 0.490. The Balaban J connectivity index is 2.06. The maximum atomic E-state index is 3.70. The van der Waals surface area contributed by atoms with Crippen molar-refractivity contribution in [3.63, 3.8) is 0 Å². The van der Waals surface area contributed by atoms with Crippen LogP contribution in [-0.4, -0.2) is 36.6 Å². The number of nitrogens with one attached hydrogen (secondary N) is 1. The highest BCUT2D eigenvalue weighted by atomic mass is 15.2. The molecular formula is C17H34N2. The number of piperidine rings is 1. The van der Waals surface area contributed by atoms with Gasteiger partial charge in [-0.25, -0.2) is 0 Å². The van der Waals surface area contributed by atoms with E-state index in [1.165, 1.54) is 70.9 Å². The third-order valence-electron chi connectivity index (χ3n) is 5.49.